The first kappa shape index (κ1) is 15.1. The molecular weight excluding hydrogens is 229 g/mol. The molecule has 0 aromatic heterocycles. The molecule has 1 rings (SSSR count). The normalized spacial score (nSPS) is 13.7. The van der Waals surface area contributed by atoms with Gasteiger partial charge in [-0.3, -0.25) is 0 Å². The second-order valence-corrected chi connectivity index (χ2v) is 5.03. The zero-order valence-corrected chi connectivity index (χ0v) is 12.0. The summed E-state index contributed by atoms with van der Waals surface area (Å²) in [5, 5.41) is 3.44. The molecule has 0 spiro atoms. The van der Waals surface area contributed by atoms with Crippen LogP contribution in [0, 0.1) is 12.7 Å². The van der Waals surface area contributed by atoms with Gasteiger partial charge in [-0.1, -0.05) is 13.0 Å². The lowest BCUT2D eigenvalue weighted by atomic mass is 9.88. The lowest BCUT2D eigenvalue weighted by molar-refractivity contribution is -0.0390. The minimum atomic E-state index is -0.326. The van der Waals surface area contributed by atoms with Crippen molar-refractivity contribution >= 4 is 0 Å². The number of hydrogen-bond acceptors (Lipinski definition) is 2. The first-order valence-corrected chi connectivity index (χ1v) is 6.55. The Labute approximate surface area is 110 Å². The van der Waals surface area contributed by atoms with Crippen molar-refractivity contribution in [2.24, 2.45) is 0 Å². The smallest absolute Gasteiger partial charge is 0.123 e. The van der Waals surface area contributed by atoms with Gasteiger partial charge in [0.15, 0.2) is 0 Å². The van der Waals surface area contributed by atoms with Crippen LogP contribution in [-0.4, -0.2) is 18.8 Å². The molecule has 0 aliphatic heterocycles. The van der Waals surface area contributed by atoms with Crippen molar-refractivity contribution in [2.75, 3.05) is 13.2 Å². The van der Waals surface area contributed by atoms with Gasteiger partial charge in [-0.15, -0.1) is 0 Å². The van der Waals surface area contributed by atoms with E-state index in [1.165, 1.54) is 6.07 Å². The highest BCUT2D eigenvalue weighted by molar-refractivity contribution is 5.31. The van der Waals surface area contributed by atoms with Crippen molar-refractivity contribution in [3.8, 4) is 0 Å². The fraction of sp³-hybridized carbons (Fsp3) is 0.600. The van der Waals surface area contributed by atoms with Crippen molar-refractivity contribution in [1.29, 1.82) is 0 Å². The summed E-state index contributed by atoms with van der Waals surface area (Å²) in [5.74, 6) is -0.194. The molecule has 1 aromatic carbocycles. The molecule has 3 heteroatoms. The number of hydrogen-bond donors (Lipinski definition) is 1. The number of ether oxygens (including phenoxy) is 1. The molecule has 0 heterocycles. The Balaban J connectivity index is 3.11. The molecule has 102 valence electrons. The van der Waals surface area contributed by atoms with E-state index in [9.17, 15) is 4.39 Å². The van der Waals surface area contributed by atoms with E-state index in [-0.39, 0.29) is 17.5 Å². The molecule has 0 aliphatic carbocycles. The van der Waals surface area contributed by atoms with Crippen LogP contribution >= 0.6 is 0 Å². The molecule has 0 saturated heterocycles. The number of halogens is 1. The minimum absolute atomic E-state index is 0.0584. The first-order chi connectivity index (χ1) is 8.42. The van der Waals surface area contributed by atoms with Crippen LogP contribution in [0.1, 0.15) is 44.9 Å². The largest absolute Gasteiger partial charge is 0.374 e. The maximum Gasteiger partial charge on any atom is 0.123 e. The summed E-state index contributed by atoms with van der Waals surface area (Å²) in [4.78, 5) is 0. The molecule has 0 radical (unpaired) electrons. The molecule has 1 aromatic rings. The summed E-state index contributed by atoms with van der Waals surface area (Å²) in [5.41, 5.74) is 1.72. The highest BCUT2D eigenvalue weighted by Crippen LogP contribution is 2.31. The average Bonchev–Trinajstić information content (AvgIpc) is 2.26. The topological polar surface area (TPSA) is 21.3 Å². The Bertz CT molecular complexity index is 390. The van der Waals surface area contributed by atoms with Crippen molar-refractivity contribution in [3.63, 3.8) is 0 Å². The van der Waals surface area contributed by atoms with Gasteiger partial charge in [-0.2, -0.15) is 0 Å². The Morgan fingerprint density at radius 1 is 1.33 bits per heavy atom. The summed E-state index contributed by atoms with van der Waals surface area (Å²) in [6.07, 6.45) is 0. The summed E-state index contributed by atoms with van der Waals surface area (Å²) < 4.78 is 19.0. The molecule has 2 nitrogen and oxygen atoms in total. The van der Waals surface area contributed by atoms with Crippen LogP contribution in [0.3, 0.4) is 0 Å². The van der Waals surface area contributed by atoms with Crippen molar-refractivity contribution in [1.82, 2.24) is 5.32 Å². The Hall–Kier alpha value is -0.930. The predicted molar refractivity (Wildman–Crippen MR) is 73.3 cm³/mol. The first-order valence-electron chi connectivity index (χ1n) is 6.55. The number of nitrogens with one attached hydrogen (secondary N) is 1. The maximum atomic E-state index is 13.2. The van der Waals surface area contributed by atoms with Crippen molar-refractivity contribution in [2.45, 2.75) is 46.3 Å². The molecule has 0 fully saturated rings. The third kappa shape index (κ3) is 3.53. The summed E-state index contributed by atoms with van der Waals surface area (Å²) >= 11 is 0. The molecule has 0 aliphatic rings. The Kier molecular flexibility index (Phi) is 5.29. The monoisotopic (exact) mass is 253 g/mol. The van der Waals surface area contributed by atoms with Crippen LogP contribution in [0.4, 0.5) is 4.39 Å². The fourth-order valence-corrected chi connectivity index (χ4v) is 2.35. The van der Waals surface area contributed by atoms with E-state index in [1.807, 2.05) is 19.9 Å². The van der Waals surface area contributed by atoms with Crippen LogP contribution in [0.2, 0.25) is 0 Å². The lowest BCUT2D eigenvalue weighted by Gasteiger charge is -2.36. The molecule has 18 heavy (non-hydrogen) atoms. The van der Waals surface area contributed by atoms with Gasteiger partial charge in [0.25, 0.3) is 0 Å². The predicted octanol–water partition coefficient (Wildman–Crippen LogP) is 3.60. The van der Waals surface area contributed by atoms with E-state index in [0.29, 0.717) is 6.61 Å². The highest BCUT2D eigenvalue weighted by atomic mass is 19.1. The van der Waals surface area contributed by atoms with Crippen LogP contribution in [0.25, 0.3) is 0 Å². The quantitative estimate of drug-likeness (QED) is 0.836. The van der Waals surface area contributed by atoms with Gasteiger partial charge in [0.1, 0.15) is 5.82 Å². The molecule has 0 bridgehead atoms. The summed E-state index contributed by atoms with van der Waals surface area (Å²) in [7, 11) is 0. The minimum Gasteiger partial charge on any atom is -0.374 e. The van der Waals surface area contributed by atoms with Crippen LogP contribution < -0.4 is 5.32 Å². The summed E-state index contributed by atoms with van der Waals surface area (Å²) in [6, 6.07) is 4.98. The maximum absolute atomic E-state index is 13.2. The number of likely N-dealkylation sites (N-methyl/N-ethyl adjacent to an activating group) is 1. The fourth-order valence-electron chi connectivity index (χ4n) is 2.35. The standard InChI is InChI=1S/C15H24FNO/c1-6-17-14(15(4,5)18-7-2)13-9-8-12(16)10-11(13)3/h8-10,14,17H,6-7H2,1-5H3. The van der Waals surface area contributed by atoms with E-state index in [4.69, 9.17) is 4.74 Å². The van der Waals surface area contributed by atoms with Gasteiger partial charge in [0, 0.05) is 6.61 Å². The number of rotatable bonds is 6. The lowest BCUT2D eigenvalue weighted by Crippen LogP contribution is -2.42. The SMILES string of the molecule is CCNC(c1ccc(F)cc1C)C(C)(C)OCC. The van der Waals surface area contributed by atoms with Gasteiger partial charge in [0.2, 0.25) is 0 Å². The van der Waals surface area contributed by atoms with Gasteiger partial charge < -0.3 is 10.1 Å². The molecule has 1 atom stereocenters. The van der Waals surface area contributed by atoms with E-state index in [1.54, 1.807) is 6.07 Å². The summed E-state index contributed by atoms with van der Waals surface area (Å²) in [6.45, 7) is 11.6. The van der Waals surface area contributed by atoms with Gasteiger partial charge in [-0.25, -0.2) is 4.39 Å². The van der Waals surface area contributed by atoms with Crippen LogP contribution in [-0.2, 0) is 4.74 Å². The number of aryl methyl sites for hydroxylation is 1. The molecule has 0 saturated carbocycles. The molecule has 1 N–H and O–H groups in total. The third-order valence-corrected chi connectivity index (χ3v) is 3.16. The van der Waals surface area contributed by atoms with Gasteiger partial charge >= 0.3 is 0 Å². The average molecular weight is 253 g/mol. The molecule has 1 unspecified atom stereocenters. The van der Waals surface area contributed by atoms with E-state index in [2.05, 4.69) is 26.1 Å². The van der Waals surface area contributed by atoms with Crippen LogP contribution in [0.5, 0.6) is 0 Å². The Morgan fingerprint density at radius 2 is 2.00 bits per heavy atom. The second-order valence-electron chi connectivity index (χ2n) is 5.03. The van der Waals surface area contributed by atoms with Gasteiger partial charge in [0.05, 0.1) is 11.6 Å². The van der Waals surface area contributed by atoms with E-state index >= 15 is 0 Å². The van der Waals surface area contributed by atoms with E-state index < -0.39 is 0 Å². The van der Waals surface area contributed by atoms with Crippen molar-refractivity contribution in [3.05, 3.63) is 35.1 Å². The zero-order chi connectivity index (χ0) is 13.8. The number of benzene rings is 1. The second kappa shape index (κ2) is 6.30. The van der Waals surface area contributed by atoms with Crippen molar-refractivity contribution < 1.29 is 9.13 Å². The zero-order valence-electron chi connectivity index (χ0n) is 12.0. The third-order valence-electron chi connectivity index (χ3n) is 3.16. The Morgan fingerprint density at radius 3 is 2.50 bits per heavy atom. The molecule has 0 amide bonds. The molecular formula is C15H24FNO. The van der Waals surface area contributed by atoms with Crippen LogP contribution in [0.15, 0.2) is 18.2 Å². The van der Waals surface area contributed by atoms with Gasteiger partial charge in [-0.05, 0) is 57.5 Å². The van der Waals surface area contributed by atoms with E-state index in [0.717, 1.165) is 17.7 Å². The highest BCUT2D eigenvalue weighted by Gasteiger charge is 2.31.